The number of aryl methyl sites for hydroxylation is 1. The van der Waals surface area contributed by atoms with Crippen LogP contribution in [0.3, 0.4) is 0 Å². The van der Waals surface area contributed by atoms with Crippen molar-refractivity contribution in [2.24, 2.45) is 0 Å². The van der Waals surface area contributed by atoms with Crippen LogP contribution in [-0.2, 0) is 0 Å². The quantitative estimate of drug-likeness (QED) is 0.412. The SMILES string of the molecule is C=C/C=C(/c1cccnc1)c1nc(-c2n[nH]c3ccc(-c4cccnc4)nc23)[nH]c1C. The molecular weight excluding hydrogens is 386 g/mol. The maximum atomic E-state index is 4.87. The Morgan fingerprint density at radius 3 is 2.58 bits per heavy atom. The van der Waals surface area contributed by atoms with Crippen molar-refractivity contribution in [2.75, 3.05) is 0 Å². The Hall–Kier alpha value is -4.39. The average Bonchev–Trinajstić information content (AvgIpc) is 3.41. The zero-order valence-electron chi connectivity index (χ0n) is 16.9. The lowest BCUT2D eigenvalue weighted by Gasteiger charge is -2.04. The van der Waals surface area contributed by atoms with Gasteiger partial charge in [0.2, 0.25) is 0 Å². The molecule has 5 aromatic rings. The number of fused-ring (bicyclic) bond motifs is 1. The smallest absolute Gasteiger partial charge is 0.161 e. The Morgan fingerprint density at radius 2 is 1.84 bits per heavy atom. The first kappa shape index (κ1) is 18.6. The summed E-state index contributed by atoms with van der Waals surface area (Å²) in [5.74, 6) is 0.647. The van der Waals surface area contributed by atoms with Crippen LogP contribution in [0.4, 0.5) is 0 Å². The maximum absolute atomic E-state index is 4.87. The highest BCUT2D eigenvalue weighted by molar-refractivity contribution is 5.90. The van der Waals surface area contributed by atoms with Gasteiger partial charge in [-0.15, -0.1) is 0 Å². The van der Waals surface area contributed by atoms with E-state index in [9.17, 15) is 0 Å². The first-order valence-corrected chi connectivity index (χ1v) is 9.80. The van der Waals surface area contributed by atoms with Crippen molar-refractivity contribution in [3.05, 3.63) is 96.9 Å². The molecule has 0 aliphatic rings. The Labute approximate surface area is 178 Å². The van der Waals surface area contributed by atoms with Crippen LogP contribution in [0.5, 0.6) is 0 Å². The number of H-pyrrole nitrogens is 2. The van der Waals surface area contributed by atoms with E-state index in [0.717, 1.165) is 44.8 Å². The number of hydrogen-bond acceptors (Lipinski definition) is 5. The molecule has 0 aliphatic carbocycles. The Morgan fingerprint density at radius 1 is 1.00 bits per heavy atom. The molecule has 0 bridgehead atoms. The second-order valence-corrected chi connectivity index (χ2v) is 7.02. The first-order chi connectivity index (χ1) is 15.2. The topological polar surface area (TPSA) is 96.0 Å². The van der Waals surface area contributed by atoms with Gasteiger partial charge in [-0.1, -0.05) is 24.8 Å². The summed E-state index contributed by atoms with van der Waals surface area (Å²) in [5.41, 5.74) is 7.67. The van der Waals surface area contributed by atoms with E-state index < -0.39 is 0 Å². The van der Waals surface area contributed by atoms with Crippen LogP contribution in [0.15, 0.2) is 79.9 Å². The standard InChI is InChI=1S/C24H19N7/c1-3-6-18(16-7-4-11-25-13-16)21-15(2)27-24(29-21)23-22-20(30-31-23)10-9-19(28-22)17-8-5-12-26-14-17/h3-14H,1H2,2H3,(H,27,29)(H,30,31)/b18-6-. The fourth-order valence-electron chi connectivity index (χ4n) is 3.53. The van der Waals surface area contributed by atoms with E-state index in [1.807, 2.05) is 55.6 Å². The summed E-state index contributed by atoms with van der Waals surface area (Å²) in [6.07, 6.45) is 10.8. The van der Waals surface area contributed by atoms with Gasteiger partial charge in [-0.05, 0) is 37.3 Å². The molecule has 0 aliphatic heterocycles. The van der Waals surface area contributed by atoms with E-state index in [2.05, 4.69) is 31.7 Å². The second-order valence-electron chi connectivity index (χ2n) is 7.02. The number of aromatic nitrogens is 7. The molecule has 5 aromatic heterocycles. The van der Waals surface area contributed by atoms with Gasteiger partial charge in [0.05, 0.1) is 16.9 Å². The van der Waals surface area contributed by atoms with Crippen LogP contribution in [0, 0.1) is 6.92 Å². The number of allylic oxidation sites excluding steroid dienone is 2. The van der Waals surface area contributed by atoms with Gasteiger partial charge in [-0.25, -0.2) is 9.97 Å². The minimum Gasteiger partial charge on any atom is -0.340 e. The first-order valence-electron chi connectivity index (χ1n) is 9.80. The molecule has 7 heteroatoms. The van der Waals surface area contributed by atoms with Gasteiger partial charge in [-0.2, -0.15) is 5.10 Å². The summed E-state index contributed by atoms with van der Waals surface area (Å²) in [7, 11) is 0. The minimum absolute atomic E-state index is 0.647. The monoisotopic (exact) mass is 405 g/mol. The molecule has 5 heterocycles. The predicted octanol–water partition coefficient (Wildman–Crippen LogP) is 4.73. The van der Waals surface area contributed by atoms with Crippen molar-refractivity contribution in [1.29, 1.82) is 0 Å². The third-order valence-electron chi connectivity index (χ3n) is 4.99. The van der Waals surface area contributed by atoms with Crippen LogP contribution in [0.2, 0.25) is 0 Å². The number of nitrogens with one attached hydrogen (secondary N) is 2. The molecular formula is C24H19N7. The third-order valence-corrected chi connectivity index (χ3v) is 4.99. The normalized spacial score (nSPS) is 11.7. The molecule has 0 saturated heterocycles. The molecule has 0 unspecified atom stereocenters. The summed E-state index contributed by atoms with van der Waals surface area (Å²) in [5, 5.41) is 7.54. The maximum Gasteiger partial charge on any atom is 0.161 e. The number of rotatable bonds is 5. The number of pyridine rings is 3. The minimum atomic E-state index is 0.647. The zero-order chi connectivity index (χ0) is 21.2. The van der Waals surface area contributed by atoms with Gasteiger partial charge in [0.25, 0.3) is 0 Å². The van der Waals surface area contributed by atoms with E-state index in [1.165, 1.54) is 0 Å². The second kappa shape index (κ2) is 7.79. The van der Waals surface area contributed by atoms with Crippen LogP contribution < -0.4 is 0 Å². The summed E-state index contributed by atoms with van der Waals surface area (Å²) in [4.78, 5) is 21.5. The number of nitrogens with zero attached hydrogens (tertiary/aromatic N) is 5. The van der Waals surface area contributed by atoms with Crippen LogP contribution in [0.25, 0.3) is 39.4 Å². The molecule has 0 radical (unpaired) electrons. The van der Waals surface area contributed by atoms with Crippen molar-refractivity contribution < 1.29 is 0 Å². The molecule has 2 N–H and O–H groups in total. The van der Waals surface area contributed by atoms with E-state index in [1.54, 1.807) is 24.7 Å². The van der Waals surface area contributed by atoms with Crippen molar-refractivity contribution in [2.45, 2.75) is 6.92 Å². The lowest BCUT2D eigenvalue weighted by Crippen LogP contribution is -1.92. The fourth-order valence-corrected chi connectivity index (χ4v) is 3.53. The van der Waals surface area contributed by atoms with Gasteiger partial charge < -0.3 is 4.98 Å². The van der Waals surface area contributed by atoms with Gasteiger partial charge >= 0.3 is 0 Å². The third kappa shape index (κ3) is 3.42. The molecule has 0 atom stereocenters. The lowest BCUT2D eigenvalue weighted by atomic mass is 10.0. The van der Waals surface area contributed by atoms with Gasteiger partial charge in [-0.3, -0.25) is 15.1 Å². The Bertz CT molecular complexity index is 1400. The number of imidazole rings is 1. The predicted molar refractivity (Wildman–Crippen MR) is 121 cm³/mol. The lowest BCUT2D eigenvalue weighted by molar-refractivity contribution is 1.10. The fraction of sp³-hybridized carbons (Fsp3) is 0.0417. The molecule has 150 valence electrons. The largest absolute Gasteiger partial charge is 0.340 e. The van der Waals surface area contributed by atoms with E-state index in [0.29, 0.717) is 11.5 Å². The molecule has 0 amide bonds. The van der Waals surface area contributed by atoms with E-state index >= 15 is 0 Å². The summed E-state index contributed by atoms with van der Waals surface area (Å²) < 4.78 is 0. The molecule has 5 rings (SSSR count). The summed E-state index contributed by atoms with van der Waals surface area (Å²) in [6.45, 7) is 5.84. The molecule has 0 saturated carbocycles. The van der Waals surface area contributed by atoms with Crippen LogP contribution >= 0.6 is 0 Å². The molecule has 0 spiro atoms. The van der Waals surface area contributed by atoms with Gasteiger partial charge in [0.1, 0.15) is 5.52 Å². The highest BCUT2D eigenvalue weighted by Gasteiger charge is 2.18. The Balaban J connectivity index is 1.62. The molecule has 0 aromatic carbocycles. The highest BCUT2D eigenvalue weighted by atomic mass is 15.2. The number of hydrogen-bond donors (Lipinski definition) is 2. The van der Waals surface area contributed by atoms with Gasteiger partial charge in [0.15, 0.2) is 11.5 Å². The van der Waals surface area contributed by atoms with Crippen molar-refractivity contribution in [3.63, 3.8) is 0 Å². The van der Waals surface area contributed by atoms with Crippen molar-refractivity contribution >= 4 is 16.6 Å². The molecule has 31 heavy (non-hydrogen) atoms. The van der Waals surface area contributed by atoms with E-state index in [-0.39, 0.29) is 0 Å². The molecule has 7 nitrogen and oxygen atoms in total. The van der Waals surface area contributed by atoms with E-state index in [4.69, 9.17) is 9.97 Å². The van der Waals surface area contributed by atoms with Gasteiger partial charge in [0, 0.05) is 47.2 Å². The Kier molecular flexibility index (Phi) is 4.68. The van der Waals surface area contributed by atoms with Crippen molar-refractivity contribution in [1.82, 2.24) is 35.1 Å². The van der Waals surface area contributed by atoms with Crippen LogP contribution in [0.1, 0.15) is 17.0 Å². The summed E-state index contributed by atoms with van der Waals surface area (Å²) >= 11 is 0. The van der Waals surface area contributed by atoms with Crippen LogP contribution in [-0.4, -0.2) is 35.1 Å². The number of aromatic amines is 2. The summed E-state index contributed by atoms with van der Waals surface area (Å²) in [6, 6.07) is 11.7. The highest BCUT2D eigenvalue weighted by Crippen LogP contribution is 2.30. The van der Waals surface area contributed by atoms with Crippen molar-refractivity contribution in [3.8, 4) is 22.8 Å². The zero-order valence-corrected chi connectivity index (χ0v) is 16.9. The average molecular weight is 405 g/mol. The molecule has 0 fully saturated rings.